The van der Waals surface area contributed by atoms with E-state index in [0.29, 0.717) is 24.1 Å². The van der Waals surface area contributed by atoms with Gasteiger partial charge < -0.3 is 0 Å². The molecule has 3 rings (SSSR count). The van der Waals surface area contributed by atoms with Crippen LogP contribution in [0.3, 0.4) is 0 Å². The number of nitrogens with one attached hydrogen (secondary N) is 1. The molecule has 0 aliphatic carbocycles. The van der Waals surface area contributed by atoms with Crippen molar-refractivity contribution in [3.05, 3.63) is 34.8 Å². The van der Waals surface area contributed by atoms with Crippen LogP contribution in [0.4, 0.5) is 5.13 Å². The Morgan fingerprint density at radius 2 is 2.00 bits per heavy atom. The van der Waals surface area contributed by atoms with Crippen molar-refractivity contribution >= 4 is 32.4 Å². The second-order valence-corrected chi connectivity index (χ2v) is 9.69. The summed E-state index contributed by atoms with van der Waals surface area (Å²) in [5.41, 5.74) is 0.283. The summed E-state index contributed by atoms with van der Waals surface area (Å²) in [4.78, 5) is 12.6. The summed E-state index contributed by atoms with van der Waals surface area (Å²) in [5, 5.41) is 12.0. The summed E-state index contributed by atoms with van der Waals surface area (Å²) in [6, 6.07) is 6.12. The Morgan fingerprint density at radius 3 is 2.69 bits per heavy atom. The van der Waals surface area contributed by atoms with Crippen molar-refractivity contribution < 1.29 is 13.2 Å². The first-order valence-electron chi connectivity index (χ1n) is 8.60. The molecule has 0 unspecified atom stereocenters. The lowest BCUT2D eigenvalue weighted by molar-refractivity contribution is 0.102. The van der Waals surface area contributed by atoms with Gasteiger partial charge in [-0.2, -0.15) is 4.31 Å². The number of benzene rings is 1. The number of amides is 1. The van der Waals surface area contributed by atoms with Gasteiger partial charge in [0.15, 0.2) is 0 Å². The molecular weight excluding hydrogens is 372 g/mol. The molecule has 0 atom stereocenters. The number of rotatable bonds is 6. The van der Waals surface area contributed by atoms with Crippen LogP contribution in [0.2, 0.25) is 0 Å². The SMILES string of the molecule is CC(C)Cc1nnc(NC(=O)c2cccc(S(=O)(=O)N3CCCC3)c2)s1. The quantitative estimate of drug-likeness (QED) is 0.813. The van der Waals surface area contributed by atoms with Crippen LogP contribution in [0.25, 0.3) is 0 Å². The highest BCUT2D eigenvalue weighted by atomic mass is 32.2. The van der Waals surface area contributed by atoms with Gasteiger partial charge in [0.2, 0.25) is 15.2 Å². The molecule has 0 saturated carbocycles. The third-order valence-corrected chi connectivity index (χ3v) is 6.82. The van der Waals surface area contributed by atoms with E-state index in [9.17, 15) is 13.2 Å². The van der Waals surface area contributed by atoms with Crippen molar-refractivity contribution in [2.24, 2.45) is 5.92 Å². The molecule has 9 heteroatoms. The predicted molar refractivity (Wildman–Crippen MR) is 101 cm³/mol. The Labute approximate surface area is 157 Å². The van der Waals surface area contributed by atoms with Gasteiger partial charge in [0.1, 0.15) is 5.01 Å². The highest BCUT2D eigenvalue weighted by molar-refractivity contribution is 7.89. The lowest BCUT2D eigenvalue weighted by atomic mass is 10.1. The molecule has 1 aliphatic rings. The second-order valence-electron chi connectivity index (χ2n) is 6.69. The fraction of sp³-hybridized carbons (Fsp3) is 0.471. The van der Waals surface area contributed by atoms with E-state index in [4.69, 9.17) is 0 Å². The third-order valence-electron chi connectivity index (χ3n) is 4.07. The topological polar surface area (TPSA) is 92.3 Å². The van der Waals surface area contributed by atoms with Crippen LogP contribution < -0.4 is 5.32 Å². The molecule has 1 fully saturated rings. The van der Waals surface area contributed by atoms with Crippen LogP contribution in [0.15, 0.2) is 29.2 Å². The molecule has 0 bridgehead atoms. The summed E-state index contributed by atoms with van der Waals surface area (Å²) in [5.74, 6) is 0.0645. The van der Waals surface area contributed by atoms with Crippen LogP contribution in [-0.4, -0.2) is 41.9 Å². The zero-order valence-corrected chi connectivity index (χ0v) is 16.4. The summed E-state index contributed by atoms with van der Waals surface area (Å²) < 4.78 is 26.8. The molecule has 1 aromatic heterocycles. The van der Waals surface area contributed by atoms with Crippen LogP contribution in [-0.2, 0) is 16.4 Å². The number of carbonyl (C=O) groups is 1. The van der Waals surface area contributed by atoms with Crippen LogP contribution in [0, 0.1) is 5.92 Å². The Morgan fingerprint density at radius 1 is 1.27 bits per heavy atom. The molecule has 1 amide bonds. The van der Waals surface area contributed by atoms with Crippen molar-refractivity contribution in [1.29, 1.82) is 0 Å². The molecule has 1 aromatic carbocycles. The minimum Gasteiger partial charge on any atom is -0.296 e. The monoisotopic (exact) mass is 394 g/mol. The number of sulfonamides is 1. The Kier molecular flexibility index (Phi) is 5.69. The Bertz CT molecular complexity index is 887. The van der Waals surface area contributed by atoms with Gasteiger partial charge in [0, 0.05) is 25.1 Å². The smallest absolute Gasteiger partial charge is 0.257 e. The maximum absolute atomic E-state index is 12.6. The molecule has 26 heavy (non-hydrogen) atoms. The summed E-state index contributed by atoms with van der Waals surface area (Å²) in [6.07, 6.45) is 2.54. The largest absolute Gasteiger partial charge is 0.296 e. The van der Waals surface area contributed by atoms with Gasteiger partial charge >= 0.3 is 0 Å². The predicted octanol–water partition coefficient (Wildman–Crippen LogP) is 2.77. The number of hydrogen-bond acceptors (Lipinski definition) is 6. The van der Waals surface area contributed by atoms with Crippen molar-refractivity contribution in [3.8, 4) is 0 Å². The first kappa shape index (κ1) is 18.9. The zero-order chi connectivity index (χ0) is 18.7. The minimum atomic E-state index is -3.55. The van der Waals surface area contributed by atoms with Gasteiger partial charge in [0.25, 0.3) is 5.91 Å². The highest BCUT2D eigenvalue weighted by Gasteiger charge is 2.27. The van der Waals surface area contributed by atoms with Gasteiger partial charge in [-0.1, -0.05) is 31.3 Å². The molecule has 7 nitrogen and oxygen atoms in total. The van der Waals surface area contributed by atoms with Crippen molar-refractivity contribution in [3.63, 3.8) is 0 Å². The van der Waals surface area contributed by atoms with E-state index < -0.39 is 15.9 Å². The van der Waals surface area contributed by atoms with Crippen LogP contribution >= 0.6 is 11.3 Å². The molecule has 1 saturated heterocycles. The van der Waals surface area contributed by atoms with Gasteiger partial charge in [-0.05, 0) is 37.0 Å². The van der Waals surface area contributed by atoms with E-state index in [-0.39, 0.29) is 10.5 Å². The van der Waals surface area contributed by atoms with E-state index >= 15 is 0 Å². The van der Waals surface area contributed by atoms with E-state index in [1.54, 1.807) is 12.1 Å². The molecule has 2 aromatic rings. The molecule has 1 aliphatic heterocycles. The van der Waals surface area contributed by atoms with E-state index in [2.05, 4.69) is 29.4 Å². The molecule has 2 heterocycles. The van der Waals surface area contributed by atoms with Crippen LogP contribution in [0.1, 0.15) is 42.1 Å². The first-order chi connectivity index (χ1) is 12.4. The first-order valence-corrected chi connectivity index (χ1v) is 10.9. The molecule has 0 radical (unpaired) electrons. The molecule has 140 valence electrons. The second kappa shape index (κ2) is 7.81. The summed E-state index contributed by atoms with van der Waals surface area (Å²) >= 11 is 1.33. The fourth-order valence-corrected chi connectivity index (χ4v) is 5.29. The van der Waals surface area contributed by atoms with Gasteiger partial charge in [-0.25, -0.2) is 8.42 Å². The lowest BCUT2D eigenvalue weighted by Crippen LogP contribution is -2.28. The standard InChI is InChI=1S/C17H22N4O3S2/c1-12(2)10-15-19-20-17(25-15)18-16(22)13-6-5-7-14(11-13)26(23,24)21-8-3-4-9-21/h5-7,11-12H,3-4,8-10H2,1-2H3,(H,18,20,22). The van der Waals surface area contributed by atoms with Gasteiger partial charge in [0.05, 0.1) is 4.90 Å². The maximum Gasteiger partial charge on any atom is 0.257 e. The molecule has 1 N–H and O–H groups in total. The number of hydrogen-bond donors (Lipinski definition) is 1. The number of nitrogens with zero attached hydrogens (tertiary/aromatic N) is 3. The average molecular weight is 395 g/mol. The summed E-state index contributed by atoms with van der Waals surface area (Å²) in [6.45, 7) is 5.24. The maximum atomic E-state index is 12.6. The average Bonchev–Trinajstić information content (AvgIpc) is 3.27. The van der Waals surface area contributed by atoms with Crippen molar-refractivity contribution in [2.45, 2.75) is 38.0 Å². The van der Waals surface area contributed by atoms with Crippen LogP contribution in [0.5, 0.6) is 0 Å². The van der Waals surface area contributed by atoms with E-state index in [1.165, 1.54) is 27.8 Å². The summed E-state index contributed by atoms with van der Waals surface area (Å²) in [7, 11) is -3.55. The van der Waals surface area contributed by atoms with E-state index in [1.807, 2.05) is 0 Å². The van der Waals surface area contributed by atoms with Crippen molar-refractivity contribution in [1.82, 2.24) is 14.5 Å². The minimum absolute atomic E-state index is 0.143. The Hall–Kier alpha value is -1.84. The van der Waals surface area contributed by atoms with E-state index in [0.717, 1.165) is 24.3 Å². The number of aromatic nitrogens is 2. The third kappa shape index (κ3) is 4.28. The molecule has 0 spiro atoms. The lowest BCUT2D eigenvalue weighted by Gasteiger charge is -2.15. The number of anilines is 1. The van der Waals surface area contributed by atoms with Crippen molar-refractivity contribution in [2.75, 3.05) is 18.4 Å². The van der Waals surface area contributed by atoms with Gasteiger partial charge in [-0.15, -0.1) is 10.2 Å². The Balaban J connectivity index is 1.75. The zero-order valence-electron chi connectivity index (χ0n) is 14.8. The number of carbonyl (C=O) groups excluding carboxylic acids is 1. The highest BCUT2D eigenvalue weighted by Crippen LogP contribution is 2.23. The van der Waals surface area contributed by atoms with Gasteiger partial charge in [-0.3, -0.25) is 10.1 Å². The molecular formula is C17H22N4O3S2. The normalized spacial score (nSPS) is 15.5. The fourth-order valence-electron chi connectivity index (χ4n) is 2.78.